The van der Waals surface area contributed by atoms with Gasteiger partial charge in [0.1, 0.15) is 22.7 Å². The van der Waals surface area contributed by atoms with E-state index < -0.39 is 0 Å². The fourth-order valence-corrected chi connectivity index (χ4v) is 5.72. The largest absolute Gasteiger partial charge is 0.274 e. The number of nitrogens with zero attached hydrogens (tertiary/aromatic N) is 7. The monoisotopic (exact) mass is 513 g/mol. The van der Waals surface area contributed by atoms with Gasteiger partial charge in [-0.25, -0.2) is 24.9 Å². The van der Waals surface area contributed by atoms with E-state index in [4.69, 9.17) is 24.9 Å². The number of hydrogen-bond acceptors (Lipinski definition) is 5. The van der Waals surface area contributed by atoms with Crippen LogP contribution in [0.1, 0.15) is 0 Å². The molecule has 0 bridgehead atoms. The molecule has 0 atom stereocenters. The van der Waals surface area contributed by atoms with Crippen LogP contribution in [0.3, 0.4) is 0 Å². The van der Waals surface area contributed by atoms with Gasteiger partial charge in [0, 0.05) is 10.8 Å². The summed E-state index contributed by atoms with van der Waals surface area (Å²) in [4.78, 5) is 25.4. The normalized spacial score (nSPS) is 12.0. The molecule has 40 heavy (non-hydrogen) atoms. The summed E-state index contributed by atoms with van der Waals surface area (Å²) in [5.74, 6) is 1.47. The molecule has 0 spiro atoms. The lowest BCUT2D eigenvalue weighted by molar-refractivity contribution is 1.10. The van der Waals surface area contributed by atoms with Crippen LogP contribution in [0, 0.1) is 0 Å². The molecule has 0 radical (unpaired) electrons. The summed E-state index contributed by atoms with van der Waals surface area (Å²) >= 11 is 0. The van der Waals surface area contributed by atoms with Gasteiger partial charge in [0.15, 0.2) is 11.6 Å². The molecule has 0 aliphatic heterocycles. The molecule has 0 saturated heterocycles. The van der Waals surface area contributed by atoms with Crippen LogP contribution in [0.5, 0.6) is 0 Å². The van der Waals surface area contributed by atoms with Crippen LogP contribution in [0.15, 0.2) is 115 Å². The molecule has 5 heterocycles. The van der Waals surface area contributed by atoms with Gasteiger partial charge >= 0.3 is 0 Å². The van der Waals surface area contributed by atoms with Gasteiger partial charge in [-0.05, 0) is 60.7 Å². The molecule has 0 aliphatic carbocycles. The maximum absolute atomic E-state index is 5.18. The lowest BCUT2D eigenvalue weighted by Crippen LogP contribution is -2.03. The first-order valence-corrected chi connectivity index (χ1v) is 13.1. The molecule has 7 nitrogen and oxygen atoms in total. The topological polar surface area (TPSA) is 73.3 Å². The van der Waals surface area contributed by atoms with Crippen LogP contribution < -0.4 is 0 Å². The zero-order valence-corrected chi connectivity index (χ0v) is 21.1. The zero-order chi connectivity index (χ0) is 26.2. The Kier molecular flexibility index (Phi) is 4.20. The van der Waals surface area contributed by atoms with Crippen molar-refractivity contribution in [3.8, 4) is 23.0 Å². The average molecular weight is 514 g/mol. The van der Waals surface area contributed by atoms with E-state index in [-0.39, 0.29) is 0 Å². The summed E-state index contributed by atoms with van der Waals surface area (Å²) < 4.78 is 4.22. The molecule has 9 rings (SSSR count). The van der Waals surface area contributed by atoms with Crippen LogP contribution >= 0.6 is 0 Å². The molecule has 4 aromatic carbocycles. The fourth-order valence-electron chi connectivity index (χ4n) is 5.72. The Hall–Kier alpha value is -5.69. The first kappa shape index (κ1) is 21.3. The van der Waals surface area contributed by atoms with E-state index in [2.05, 4.69) is 33.1 Å². The number of imidazole rings is 2. The van der Waals surface area contributed by atoms with Crippen molar-refractivity contribution >= 4 is 55.2 Å². The Bertz CT molecular complexity index is 2280. The SMILES string of the molecule is c1cc(-c2nc3ccccc3c3nc4ccccc4n23)nc(-c2nc3ccccc3c3nc4ccccc4n23)c1. The molecule has 0 unspecified atom stereocenters. The zero-order valence-electron chi connectivity index (χ0n) is 21.1. The second kappa shape index (κ2) is 7.91. The third-order valence-electron chi connectivity index (χ3n) is 7.50. The molecule has 9 aromatic rings. The summed E-state index contributed by atoms with van der Waals surface area (Å²) in [5, 5.41) is 2.00. The maximum Gasteiger partial charge on any atom is 0.165 e. The number of rotatable bonds is 2. The molecule has 7 heteroatoms. The van der Waals surface area contributed by atoms with Crippen molar-refractivity contribution in [2.45, 2.75) is 0 Å². The van der Waals surface area contributed by atoms with Crippen LogP contribution in [0.4, 0.5) is 0 Å². The second-order valence-electron chi connectivity index (χ2n) is 9.83. The third kappa shape index (κ3) is 2.91. The van der Waals surface area contributed by atoms with Crippen molar-refractivity contribution in [3.63, 3.8) is 0 Å². The van der Waals surface area contributed by atoms with Gasteiger partial charge in [0.05, 0.1) is 33.1 Å². The number of fused-ring (bicyclic) bond motifs is 10. The molecular weight excluding hydrogens is 494 g/mol. The molecule has 0 amide bonds. The smallest absolute Gasteiger partial charge is 0.165 e. The summed E-state index contributed by atoms with van der Waals surface area (Å²) in [6.07, 6.45) is 0. The lowest BCUT2D eigenvalue weighted by atomic mass is 10.2. The fraction of sp³-hybridized carbons (Fsp3) is 0. The Morgan fingerprint density at radius 3 is 1.27 bits per heavy atom. The number of benzene rings is 4. The lowest BCUT2D eigenvalue weighted by Gasteiger charge is -2.11. The summed E-state index contributed by atoms with van der Waals surface area (Å²) in [6.45, 7) is 0. The van der Waals surface area contributed by atoms with Gasteiger partial charge in [-0.2, -0.15) is 0 Å². The van der Waals surface area contributed by atoms with Crippen molar-refractivity contribution in [3.05, 3.63) is 115 Å². The highest BCUT2D eigenvalue weighted by molar-refractivity contribution is 5.99. The van der Waals surface area contributed by atoms with Crippen molar-refractivity contribution in [1.82, 2.24) is 33.7 Å². The molecule has 5 aromatic heterocycles. The van der Waals surface area contributed by atoms with Crippen LogP contribution in [0.25, 0.3) is 78.2 Å². The molecular formula is C33H19N7. The van der Waals surface area contributed by atoms with Gasteiger partial charge in [-0.15, -0.1) is 0 Å². The quantitative estimate of drug-likeness (QED) is 0.246. The maximum atomic E-state index is 5.18. The molecule has 0 fully saturated rings. The molecule has 0 saturated carbocycles. The summed E-state index contributed by atoms with van der Waals surface area (Å²) in [5.41, 5.74) is 8.77. The molecule has 0 N–H and O–H groups in total. The van der Waals surface area contributed by atoms with Gasteiger partial charge < -0.3 is 0 Å². The van der Waals surface area contributed by atoms with Crippen LogP contribution in [0.2, 0.25) is 0 Å². The van der Waals surface area contributed by atoms with Gasteiger partial charge in [-0.3, -0.25) is 8.80 Å². The minimum absolute atomic E-state index is 0.733. The van der Waals surface area contributed by atoms with E-state index in [1.54, 1.807) is 0 Å². The van der Waals surface area contributed by atoms with Crippen molar-refractivity contribution in [2.24, 2.45) is 0 Å². The molecule has 186 valence electrons. The van der Waals surface area contributed by atoms with Gasteiger partial charge in [0.2, 0.25) is 0 Å². The van der Waals surface area contributed by atoms with E-state index in [1.165, 1.54) is 0 Å². The van der Waals surface area contributed by atoms with Crippen molar-refractivity contribution < 1.29 is 0 Å². The minimum Gasteiger partial charge on any atom is -0.274 e. The van der Waals surface area contributed by atoms with Gasteiger partial charge in [0.25, 0.3) is 0 Å². The van der Waals surface area contributed by atoms with E-state index in [0.717, 1.165) is 78.2 Å². The number of aromatic nitrogens is 7. The third-order valence-corrected chi connectivity index (χ3v) is 7.50. The summed E-state index contributed by atoms with van der Waals surface area (Å²) in [7, 11) is 0. The minimum atomic E-state index is 0.733. The number of hydrogen-bond donors (Lipinski definition) is 0. The highest BCUT2D eigenvalue weighted by Gasteiger charge is 2.19. The Morgan fingerprint density at radius 1 is 0.350 bits per heavy atom. The van der Waals surface area contributed by atoms with Crippen LogP contribution in [-0.2, 0) is 0 Å². The number of pyridine rings is 1. The highest BCUT2D eigenvalue weighted by Crippen LogP contribution is 2.32. The molecule has 0 aliphatic rings. The Balaban J connectivity index is 1.37. The predicted molar refractivity (Wildman–Crippen MR) is 158 cm³/mol. The van der Waals surface area contributed by atoms with E-state index in [9.17, 15) is 0 Å². The standard InChI is InChI=1S/C33H19N7/c1-3-12-22-20(10-1)30-37-24-14-5-7-18-28(24)39(30)32(35-22)26-16-9-17-27(34-26)33-36-23-13-4-2-11-21(23)31-38-25-15-6-8-19-29(25)40(31)33/h1-19H. The predicted octanol–water partition coefficient (Wildman–Crippen LogP) is 7.11. The summed E-state index contributed by atoms with van der Waals surface area (Å²) in [6, 6.07) is 38.5. The Labute approximate surface area is 227 Å². The average Bonchev–Trinajstić information content (AvgIpc) is 3.60. The first-order valence-electron chi connectivity index (χ1n) is 13.1. The second-order valence-corrected chi connectivity index (χ2v) is 9.83. The van der Waals surface area contributed by atoms with E-state index in [0.29, 0.717) is 0 Å². The Morgan fingerprint density at radius 2 is 0.775 bits per heavy atom. The van der Waals surface area contributed by atoms with Crippen molar-refractivity contribution in [2.75, 3.05) is 0 Å². The highest BCUT2D eigenvalue weighted by atomic mass is 15.1. The first-order chi connectivity index (χ1) is 19.8. The van der Waals surface area contributed by atoms with E-state index in [1.807, 2.05) is 91.0 Å². The van der Waals surface area contributed by atoms with E-state index >= 15 is 0 Å². The number of para-hydroxylation sites is 6. The van der Waals surface area contributed by atoms with Crippen molar-refractivity contribution in [1.29, 1.82) is 0 Å². The van der Waals surface area contributed by atoms with Crippen LogP contribution in [-0.4, -0.2) is 33.7 Å². The van der Waals surface area contributed by atoms with Gasteiger partial charge in [-0.1, -0.05) is 54.6 Å².